The highest BCUT2D eigenvalue weighted by Gasteiger charge is 2.09. The summed E-state index contributed by atoms with van der Waals surface area (Å²) in [6.07, 6.45) is 7.82. The van der Waals surface area contributed by atoms with Crippen molar-refractivity contribution < 1.29 is 23.8 Å². The number of carbonyl (C=O) groups is 2. The first-order valence-electron chi connectivity index (χ1n) is 8.44. The fraction of sp³-hybridized carbons (Fsp3) is 0.882. The van der Waals surface area contributed by atoms with E-state index in [2.05, 4.69) is 6.92 Å². The number of esters is 2. The highest BCUT2D eigenvalue weighted by Crippen LogP contribution is 2.05. The molecule has 0 aromatic rings. The fourth-order valence-electron chi connectivity index (χ4n) is 1.87. The van der Waals surface area contributed by atoms with Crippen LogP contribution >= 0.6 is 0 Å². The summed E-state index contributed by atoms with van der Waals surface area (Å²) < 4.78 is 15.2. The monoisotopic (exact) mass is 316 g/mol. The van der Waals surface area contributed by atoms with Gasteiger partial charge in [0.2, 0.25) is 0 Å². The van der Waals surface area contributed by atoms with E-state index in [4.69, 9.17) is 14.2 Å². The standard InChI is InChI=1S/C17H32O5/c1-4-5-6-7-8-9-13-21-16(18)10-11-17(19)22-14-12-15(2)20-3/h15H,4-14H2,1-3H3. The number of methoxy groups -OCH3 is 1. The molecule has 0 saturated carbocycles. The van der Waals surface area contributed by atoms with Gasteiger partial charge in [-0.2, -0.15) is 0 Å². The van der Waals surface area contributed by atoms with Crippen LogP contribution in [0.4, 0.5) is 0 Å². The molecule has 0 spiro atoms. The molecule has 0 rings (SSSR count). The van der Waals surface area contributed by atoms with Gasteiger partial charge in [-0.25, -0.2) is 0 Å². The molecule has 22 heavy (non-hydrogen) atoms. The molecule has 0 fully saturated rings. The summed E-state index contributed by atoms with van der Waals surface area (Å²) in [7, 11) is 1.62. The van der Waals surface area contributed by atoms with Gasteiger partial charge in [-0.1, -0.05) is 39.0 Å². The molecular weight excluding hydrogens is 284 g/mol. The second-order valence-corrected chi connectivity index (χ2v) is 5.54. The molecule has 1 atom stereocenters. The van der Waals surface area contributed by atoms with Crippen molar-refractivity contribution in [3.05, 3.63) is 0 Å². The van der Waals surface area contributed by atoms with E-state index < -0.39 is 0 Å². The zero-order chi connectivity index (χ0) is 16.6. The van der Waals surface area contributed by atoms with Crippen LogP contribution in [0.15, 0.2) is 0 Å². The number of hydrogen-bond donors (Lipinski definition) is 0. The van der Waals surface area contributed by atoms with Gasteiger partial charge in [0.1, 0.15) is 0 Å². The first-order chi connectivity index (χ1) is 10.6. The van der Waals surface area contributed by atoms with Crippen LogP contribution in [0.5, 0.6) is 0 Å². The van der Waals surface area contributed by atoms with Gasteiger partial charge in [-0.15, -0.1) is 0 Å². The Morgan fingerprint density at radius 1 is 0.864 bits per heavy atom. The molecule has 0 radical (unpaired) electrons. The largest absolute Gasteiger partial charge is 0.466 e. The van der Waals surface area contributed by atoms with E-state index >= 15 is 0 Å². The molecule has 5 heteroatoms. The van der Waals surface area contributed by atoms with E-state index in [0.29, 0.717) is 19.6 Å². The van der Waals surface area contributed by atoms with Gasteiger partial charge in [-0.3, -0.25) is 9.59 Å². The summed E-state index contributed by atoms with van der Waals surface area (Å²) in [6, 6.07) is 0. The lowest BCUT2D eigenvalue weighted by Gasteiger charge is -2.09. The first kappa shape index (κ1) is 20.9. The van der Waals surface area contributed by atoms with Gasteiger partial charge in [0.15, 0.2) is 0 Å². The first-order valence-corrected chi connectivity index (χ1v) is 8.44. The molecule has 0 aromatic carbocycles. The molecular formula is C17H32O5. The lowest BCUT2D eigenvalue weighted by Crippen LogP contribution is -2.14. The molecule has 0 aliphatic rings. The number of hydrogen-bond acceptors (Lipinski definition) is 5. The maximum absolute atomic E-state index is 11.5. The second-order valence-electron chi connectivity index (χ2n) is 5.54. The van der Waals surface area contributed by atoms with Crippen molar-refractivity contribution in [3.63, 3.8) is 0 Å². The van der Waals surface area contributed by atoms with E-state index in [1.165, 1.54) is 25.7 Å². The van der Waals surface area contributed by atoms with E-state index in [1.807, 2.05) is 6.92 Å². The average Bonchev–Trinajstić information content (AvgIpc) is 2.51. The second kappa shape index (κ2) is 14.8. The van der Waals surface area contributed by atoms with Crippen LogP contribution in [0.2, 0.25) is 0 Å². The van der Waals surface area contributed by atoms with Crippen molar-refractivity contribution in [2.45, 2.75) is 77.7 Å². The quantitative estimate of drug-likeness (QED) is 0.362. The SMILES string of the molecule is CCCCCCCCOC(=O)CCC(=O)OCCC(C)OC. The third kappa shape index (κ3) is 13.9. The fourth-order valence-corrected chi connectivity index (χ4v) is 1.87. The van der Waals surface area contributed by atoms with Crippen molar-refractivity contribution in [1.82, 2.24) is 0 Å². The Labute approximate surface area is 134 Å². The smallest absolute Gasteiger partial charge is 0.306 e. The maximum atomic E-state index is 11.5. The Morgan fingerprint density at radius 2 is 1.41 bits per heavy atom. The molecule has 0 aliphatic heterocycles. The molecule has 0 bridgehead atoms. The highest BCUT2D eigenvalue weighted by molar-refractivity contribution is 5.77. The molecule has 0 N–H and O–H groups in total. The lowest BCUT2D eigenvalue weighted by atomic mass is 10.1. The van der Waals surface area contributed by atoms with E-state index in [9.17, 15) is 9.59 Å². The number of carbonyl (C=O) groups excluding carboxylic acids is 2. The molecule has 0 aromatic heterocycles. The van der Waals surface area contributed by atoms with Gasteiger partial charge in [0.25, 0.3) is 0 Å². The molecule has 0 saturated heterocycles. The summed E-state index contributed by atoms with van der Waals surface area (Å²) in [5.41, 5.74) is 0. The van der Waals surface area contributed by atoms with Crippen LogP contribution in [0, 0.1) is 0 Å². The zero-order valence-electron chi connectivity index (χ0n) is 14.4. The third-order valence-electron chi connectivity index (χ3n) is 3.48. The van der Waals surface area contributed by atoms with Crippen LogP contribution in [0.3, 0.4) is 0 Å². The Kier molecular flexibility index (Phi) is 14.1. The lowest BCUT2D eigenvalue weighted by molar-refractivity contribution is -0.150. The van der Waals surface area contributed by atoms with Gasteiger partial charge in [0.05, 0.1) is 32.2 Å². The number of unbranched alkanes of at least 4 members (excludes halogenated alkanes) is 5. The minimum absolute atomic E-state index is 0.0649. The van der Waals surface area contributed by atoms with Crippen molar-refractivity contribution in [3.8, 4) is 0 Å². The number of rotatable bonds is 14. The third-order valence-corrected chi connectivity index (χ3v) is 3.48. The zero-order valence-corrected chi connectivity index (χ0v) is 14.4. The summed E-state index contributed by atoms with van der Waals surface area (Å²) in [5, 5.41) is 0. The minimum Gasteiger partial charge on any atom is -0.466 e. The Bertz CT molecular complexity index is 291. The highest BCUT2D eigenvalue weighted by atomic mass is 16.5. The van der Waals surface area contributed by atoms with E-state index in [1.54, 1.807) is 7.11 Å². The molecule has 130 valence electrons. The number of ether oxygens (including phenoxy) is 3. The van der Waals surface area contributed by atoms with E-state index in [0.717, 1.165) is 12.8 Å². The predicted octanol–water partition coefficient (Wildman–Crippen LogP) is 3.64. The molecule has 1 unspecified atom stereocenters. The van der Waals surface area contributed by atoms with Crippen LogP contribution in [0.1, 0.15) is 71.6 Å². The van der Waals surface area contributed by atoms with Crippen molar-refractivity contribution in [2.24, 2.45) is 0 Å². The maximum Gasteiger partial charge on any atom is 0.306 e. The Hall–Kier alpha value is -1.10. The summed E-state index contributed by atoms with van der Waals surface area (Å²) in [5.74, 6) is -0.685. The van der Waals surface area contributed by atoms with Gasteiger partial charge >= 0.3 is 11.9 Å². The molecule has 0 heterocycles. The van der Waals surface area contributed by atoms with Gasteiger partial charge in [-0.05, 0) is 13.3 Å². The normalized spacial score (nSPS) is 12.0. The van der Waals surface area contributed by atoms with Crippen LogP contribution < -0.4 is 0 Å². The Morgan fingerprint density at radius 3 is 2.00 bits per heavy atom. The van der Waals surface area contributed by atoms with E-state index in [-0.39, 0.29) is 30.9 Å². The summed E-state index contributed by atoms with van der Waals surface area (Å²) in [6.45, 7) is 4.87. The van der Waals surface area contributed by atoms with Crippen molar-refractivity contribution in [1.29, 1.82) is 0 Å². The summed E-state index contributed by atoms with van der Waals surface area (Å²) in [4.78, 5) is 22.9. The van der Waals surface area contributed by atoms with Gasteiger partial charge < -0.3 is 14.2 Å². The predicted molar refractivity (Wildman–Crippen MR) is 85.6 cm³/mol. The molecule has 5 nitrogen and oxygen atoms in total. The van der Waals surface area contributed by atoms with Crippen LogP contribution in [0.25, 0.3) is 0 Å². The Balaban J connectivity index is 3.42. The molecule has 0 aliphatic carbocycles. The van der Waals surface area contributed by atoms with Crippen LogP contribution in [-0.2, 0) is 23.8 Å². The topological polar surface area (TPSA) is 61.8 Å². The minimum atomic E-state index is -0.361. The average molecular weight is 316 g/mol. The van der Waals surface area contributed by atoms with Crippen LogP contribution in [-0.4, -0.2) is 38.4 Å². The summed E-state index contributed by atoms with van der Waals surface area (Å²) >= 11 is 0. The molecule has 0 amide bonds. The van der Waals surface area contributed by atoms with Gasteiger partial charge in [0, 0.05) is 13.5 Å². The van der Waals surface area contributed by atoms with Crippen molar-refractivity contribution in [2.75, 3.05) is 20.3 Å². The van der Waals surface area contributed by atoms with Crippen molar-refractivity contribution >= 4 is 11.9 Å².